The molecule has 0 heterocycles. The van der Waals surface area contributed by atoms with Crippen LogP contribution in [0.3, 0.4) is 0 Å². The number of nitrogens with one attached hydrogen (secondary N) is 1. The van der Waals surface area contributed by atoms with Gasteiger partial charge in [0.2, 0.25) is 11.8 Å². The molecule has 0 saturated heterocycles. The van der Waals surface area contributed by atoms with Gasteiger partial charge in [0.25, 0.3) is 0 Å². The highest BCUT2D eigenvalue weighted by Crippen LogP contribution is 2.41. The number of hydrogen-bond acceptors (Lipinski definition) is 1. The molecule has 1 aliphatic rings. The fourth-order valence-electron chi connectivity index (χ4n) is 2.74. The molecule has 21 heavy (non-hydrogen) atoms. The molecule has 0 spiro atoms. The normalized spacial score (nSPS) is 27.8. The standard InChI is InChI=1S/C12H16BrF6NO/c1-7-3-2-4-10(5-7,6-13)20-9(21)8(11(14,15)16)12(17,18)19/h7-8H,2-6H2,1H3,(H,20,21). The van der Waals surface area contributed by atoms with Crippen LogP contribution in [-0.4, -0.2) is 29.1 Å². The van der Waals surface area contributed by atoms with E-state index in [9.17, 15) is 31.1 Å². The van der Waals surface area contributed by atoms with Gasteiger partial charge in [-0.1, -0.05) is 35.7 Å². The van der Waals surface area contributed by atoms with Gasteiger partial charge in [-0.3, -0.25) is 4.79 Å². The van der Waals surface area contributed by atoms with Gasteiger partial charge in [0.05, 0.1) is 0 Å². The van der Waals surface area contributed by atoms with Crippen molar-refractivity contribution in [3.8, 4) is 0 Å². The summed E-state index contributed by atoms with van der Waals surface area (Å²) >= 11 is 3.10. The zero-order valence-electron chi connectivity index (χ0n) is 11.2. The van der Waals surface area contributed by atoms with Crippen LogP contribution >= 0.6 is 15.9 Å². The Balaban J connectivity index is 2.95. The molecule has 0 aliphatic heterocycles. The average molecular weight is 384 g/mol. The molecule has 0 aromatic heterocycles. The molecular weight excluding hydrogens is 368 g/mol. The Labute approximate surface area is 126 Å². The van der Waals surface area contributed by atoms with E-state index in [0.717, 1.165) is 6.42 Å². The number of amides is 1. The van der Waals surface area contributed by atoms with E-state index in [2.05, 4.69) is 15.9 Å². The first-order valence-corrected chi connectivity index (χ1v) is 7.55. The Morgan fingerprint density at radius 1 is 1.29 bits per heavy atom. The van der Waals surface area contributed by atoms with E-state index in [0.29, 0.717) is 19.3 Å². The van der Waals surface area contributed by atoms with Gasteiger partial charge in [0.15, 0.2) is 0 Å². The Morgan fingerprint density at radius 3 is 2.19 bits per heavy atom. The quantitative estimate of drug-likeness (QED) is 0.574. The molecule has 2 unspecified atom stereocenters. The number of hydrogen-bond donors (Lipinski definition) is 1. The third-order valence-electron chi connectivity index (χ3n) is 3.65. The second-order valence-electron chi connectivity index (χ2n) is 5.62. The van der Waals surface area contributed by atoms with Gasteiger partial charge < -0.3 is 5.32 Å². The fourth-order valence-corrected chi connectivity index (χ4v) is 3.39. The summed E-state index contributed by atoms with van der Waals surface area (Å²) in [6, 6.07) is 0. The lowest BCUT2D eigenvalue weighted by molar-refractivity contribution is -0.274. The topological polar surface area (TPSA) is 29.1 Å². The molecule has 0 bridgehead atoms. The van der Waals surface area contributed by atoms with E-state index in [4.69, 9.17) is 0 Å². The molecule has 0 radical (unpaired) electrons. The first-order chi connectivity index (χ1) is 9.41. The zero-order valence-corrected chi connectivity index (χ0v) is 12.8. The maximum absolute atomic E-state index is 12.5. The lowest BCUT2D eigenvalue weighted by atomic mass is 9.77. The minimum absolute atomic E-state index is 0.124. The molecule has 1 fully saturated rings. The molecule has 2 nitrogen and oxygen atoms in total. The number of carbonyl (C=O) groups excluding carboxylic acids is 1. The number of alkyl halides is 7. The highest BCUT2D eigenvalue weighted by molar-refractivity contribution is 9.09. The predicted octanol–water partition coefficient (Wildman–Crippen LogP) is 4.19. The van der Waals surface area contributed by atoms with Crippen LogP contribution in [0, 0.1) is 11.8 Å². The summed E-state index contributed by atoms with van der Waals surface area (Å²) in [5.41, 5.74) is -1.05. The second kappa shape index (κ2) is 6.34. The number of rotatable bonds is 3. The maximum atomic E-state index is 12.5. The van der Waals surface area contributed by atoms with Gasteiger partial charge in [-0.25, -0.2) is 0 Å². The minimum Gasteiger partial charge on any atom is -0.349 e. The average Bonchev–Trinajstić information content (AvgIpc) is 2.24. The SMILES string of the molecule is CC1CCCC(CBr)(NC(=O)C(C(F)(F)F)C(F)(F)F)C1. The molecule has 2 atom stereocenters. The molecule has 1 saturated carbocycles. The summed E-state index contributed by atoms with van der Waals surface area (Å²) in [6.07, 6.45) is -9.11. The number of carbonyl (C=O) groups is 1. The summed E-state index contributed by atoms with van der Waals surface area (Å²) in [4.78, 5) is 11.6. The molecule has 1 N–H and O–H groups in total. The lowest BCUT2D eigenvalue weighted by Gasteiger charge is -2.40. The van der Waals surface area contributed by atoms with Crippen molar-refractivity contribution in [2.45, 2.75) is 50.5 Å². The van der Waals surface area contributed by atoms with E-state index < -0.39 is 29.7 Å². The molecule has 1 rings (SSSR count). The van der Waals surface area contributed by atoms with Crippen molar-refractivity contribution in [1.82, 2.24) is 5.32 Å². The largest absolute Gasteiger partial charge is 0.409 e. The van der Waals surface area contributed by atoms with Crippen LogP contribution in [0.4, 0.5) is 26.3 Å². The van der Waals surface area contributed by atoms with Crippen molar-refractivity contribution in [2.75, 3.05) is 5.33 Å². The first-order valence-electron chi connectivity index (χ1n) is 6.43. The van der Waals surface area contributed by atoms with Crippen LogP contribution in [0.5, 0.6) is 0 Å². The van der Waals surface area contributed by atoms with Crippen LogP contribution in [0.2, 0.25) is 0 Å². The second-order valence-corrected chi connectivity index (χ2v) is 6.18. The van der Waals surface area contributed by atoms with Crippen LogP contribution in [0.15, 0.2) is 0 Å². The van der Waals surface area contributed by atoms with Crippen molar-refractivity contribution in [3.05, 3.63) is 0 Å². The van der Waals surface area contributed by atoms with E-state index in [1.54, 1.807) is 0 Å². The molecule has 0 aromatic rings. The van der Waals surface area contributed by atoms with Crippen molar-refractivity contribution in [2.24, 2.45) is 11.8 Å². The minimum atomic E-state index is -5.66. The summed E-state index contributed by atoms with van der Waals surface area (Å²) in [7, 11) is 0. The Morgan fingerprint density at radius 2 is 1.81 bits per heavy atom. The highest BCUT2D eigenvalue weighted by atomic mass is 79.9. The van der Waals surface area contributed by atoms with Crippen molar-refractivity contribution in [3.63, 3.8) is 0 Å². The van der Waals surface area contributed by atoms with Crippen molar-refractivity contribution >= 4 is 21.8 Å². The lowest BCUT2D eigenvalue weighted by Crippen LogP contribution is -2.58. The molecule has 9 heteroatoms. The van der Waals surface area contributed by atoms with Gasteiger partial charge >= 0.3 is 12.4 Å². The number of halogens is 7. The highest BCUT2D eigenvalue weighted by Gasteiger charge is 2.61. The van der Waals surface area contributed by atoms with E-state index in [-0.39, 0.29) is 11.2 Å². The van der Waals surface area contributed by atoms with E-state index in [1.165, 1.54) is 0 Å². The summed E-state index contributed by atoms with van der Waals surface area (Å²) < 4.78 is 75.2. The molecule has 0 aromatic carbocycles. The van der Waals surface area contributed by atoms with E-state index >= 15 is 0 Å². The van der Waals surface area contributed by atoms with Crippen LogP contribution in [-0.2, 0) is 4.79 Å². The molecule has 124 valence electrons. The molecule has 1 amide bonds. The van der Waals surface area contributed by atoms with Gasteiger partial charge in [-0.05, 0) is 18.8 Å². The van der Waals surface area contributed by atoms with Gasteiger partial charge in [0, 0.05) is 10.9 Å². The van der Waals surface area contributed by atoms with Gasteiger partial charge in [-0.15, -0.1) is 0 Å². The molecule has 1 aliphatic carbocycles. The summed E-state index contributed by atoms with van der Waals surface area (Å²) in [5, 5.41) is 2.12. The maximum Gasteiger partial charge on any atom is 0.409 e. The predicted molar refractivity (Wildman–Crippen MR) is 67.9 cm³/mol. The third-order valence-corrected chi connectivity index (χ3v) is 4.73. The summed E-state index contributed by atoms with van der Waals surface area (Å²) in [5.74, 6) is -5.88. The first kappa shape index (κ1) is 18.6. The van der Waals surface area contributed by atoms with Gasteiger partial charge in [0.1, 0.15) is 0 Å². The van der Waals surface area contributed by atoms with E-state index in [1.807, 2.05) is 12.2 Å². The monoisotopic (exact) mass is 383 g/mol. The smallest absolute Gasteiger partial charge is 0.349 e. The molecular formula is C12H16BrF6NO. The third kappa shape index (κ3) is 4.75. The zero-order chi connectivity index (χ0) is 16.5. The van der Waals surface area contributed by atoms with Crippen LogP contribution in [0.1, 0.15) is 32.6 Å². The Hall–Kier alpha value is -0.470. The van der Waals surface area contributed by atoms with Crippen molar-refractivity contribution < 1.29 is 31.1 Å². The summed E-state index contributed by atoms with van der Waals surface area (Å²) in [6.45, 7) is 1.85. The Kier molecular flexibility index (Phi) is 5.61. The van der Waals surface area contributed by atoms with Gasteiger partial charge in [-0.2, -0.15) is 26.3 Å². The fraction of sp³-hybridized carbons (Fsp3) is 0.917. The Bertz CT molecular complexity index is 369. The van der Waals surface area contributed by atoms with Crippen LogP contribution in [0.25, 0.3) is 0 Å². The van der Waals surface area contributed by atoms with Crippen molar-refractivity contribution in [1.29, 1.82) is 0 Å². The van der Waals surface area contributed by atoms with Crippen LogP contribution < -0.4 is 5.32 Å².